The van der Waals surface area contributed by atoms with Crippen molar-refractivity contribution < 1.29 is 0 Å². The SMILES string of the molecule is c1ccc(-c2nc(-c3cc(-n4c5ccc6ccccc6c5c5c6ccccc6ccc54)cc4c3sc3ccccc34)nc(-n3c4ccccc4c4ccccc43)n2)cc1. The Morgan fingerprint density at radius 1 is 0.373 bits per heavy atom. The van der Waals surface area contributed by atoms with Gasteiger partial charge in [0.05, 0.1) is 22.1 Å². The maximum absolute atomic E-state index is 5.46. The van der Waals surface area contributed by atoms with Gasteiger partial charge in [-0.2, -0.15) is 9.97 Å². The quantitative estimate of drug-likeness (QED) is 0.179. The number of thiophene rings is 1. The Balaban J connectivity index is 1.17. The molecule has 0 saturated carbocycles. The number of aromatic nitrogens is 5. The van der Waals surface area contributed by atoms with Crippen LogP contribution in [0.5, 0.6) is 0 Å². The Morgan fingerprint density at radius 3 is 1.58 bits per heavy atom. The van der Waals surface area contributed by atoms with Gasteiger partial charge < -0.3 is 4.57 Å². The fraction of sp³-hybridized carbons (Fsp3) is 0. The van der Waals surface area contributed by atoms with E-state index < -0.39 is 0 Å². The summed E-state index contributed by atoms with van der Waals surface area (Å²) in [5.41, 5.74) is 7.38. The van der Waals surface area contributed by atoms with Gasteiger partial charge in [-0.3, -0.25) is 4.57 Å². The molecule has 274 valence electrons. The van der Waals surface area contributed by atoms with Gasteiger partial charge in [0.2, 0.25) is 5.95 Å². The van der Waals surface area contributed by atoms with Crippen LogP contribution < -0.4 is 0 Å². The van der Waals surface area contributed by atoms with E-state index in [9.17, 15) is 0 Å². The van der Waals surface area contributed by atoms with E-state index in [2.05, 4.69) is 179 Å². The predicted octanol–water partition coefficient (Wildman–Crippen LogP) is 14.1. The molecular weight excluding hydrogens is 739 g/mol. The number of hydrogen-bond donors (Lipinski definition) is 0. The summed E-state index contributed by atoms with van der Waals surface area (Å²) in [5, 5.41) is 12.2. The van der Waals surface area contributed by atoms with Crippen molar-refractivity contribution in [1.82, 2.24) is 24.1 Å². The molecule has 4 heterocycles. The lowest BCUT2D eigenvalue weighted by Crippen LogP contribution is -2.06. The molecular formula is C53H31N5S. The topological polar surface area (TPSA) is 48.5 Å². The van der Waals surface area contributed by atoms with Gasteiger partial charge in [0.15, 0.2) is 11.6 Å². The Kier molecular flexibility index (Phi) is 6.82. The summed E-state index contributed by atoms with van der Waals surface area (Å²) in [7, 11) is 0. The van der Waals surface area contributed by atoms with Crippen molar-refractivity contribution in [2.45, 2.75) is 0 Å². The van der Waals surface area contributed by atoms with Crippen molar-refractivity contribution in [1.29, 1.82) is 0 Å². The fourth-order valence-corrected chi connectivity index (χ4v) is 10.6. The summed E-state index contributed by atoms with van der Waals surface area (Å²) in [5.74, 6) is 1.84. The van der Waals surface area contributed by atoms with E-state index in [-0.39, 0.29) is 0 Å². The largest absolute Gasteiger partial charge is 0.309 e. The third-order valence-corrected chi connectivity index (χ3v) is 13.2. The highest BCUT2D eigenvalue weighted by molar-refractivity contribution is 7.26. The molecule has 9 aromatic carbocycles. The first-order valence-electron chi connectivity index (χ1n) is 19.9. The van der Waals surface area contributed by atoms with Crippen molar-refractivity contribution in [3.63, 3.8) is 0 Å². The number of nitrogens with zero attached hydrogens (tertiary/aromatic N) is 5. The lowest BCUT2D eigenvalue weighted by atomic mass is 10.00. The molecule has 0 bridgehead atoms. The third-order valence-electron chi connectivity index (χ3n) is 11.9. The smallest absolute Gasteiger partial charge is 0.238 e. The van der Waals surface area contributed by atoms with Crippen LogP contribution in [0.1, 0.15) is 0 Å². The molecule has 0 amide bonds. The molecule has 59 heavy (non-hydrogen) atoms. The number of hydrogen-bond acceptors (Lipinski definition) is 4. The summed E-state index contributed by atoms with van der Waals surface area (Å²) >= 11 is 1.79. The number of benzene rings is 9. The zero-order valence-corrected chi connectivity index (χ0v) is 32.4. The molecule has 0 aliphatic carbocycles. The zero-order valence-electron chi connectivity index (χ0n) is 31.5. The van der Waals surface area contributed by atoms with Crippen molar-refractivity contribution in [3.05, 3.63) is 188 Å². The Hall–Kier alpha value is -7.67. The van der Waals surface area contributed by atoms with Gasteiger partial charge in [-0.15, -0.1) is 11.3 Å². The average Bonchev–Trinajstić information content (AvgIpc) is 3.97. The minimum Gasteiger partial charge on any atom is -0.309 e. The van der Waals surface area contributed by atoms with E-state index in [1.165, 1.54) is 47.8 Å². The third kappa shape index (κ3) is 4.75. The number of para-hydroxylation sites is 2. The van der Waals surface area contributed by atoms with Crippen LogP contribution in [0.4, 0.5) is 0 Å². The molecule has 5 nitrogen and oxygen atoms in total. The molecule has 0 aliphatic rings. The summed E-state index contributed by atoms with van der Waals surface area (Å²) in [6.07, 6.45) is 0. The van der Waals surface area contributed by atoms with Crippen molar-refractivity contribution in [2.24, 2.45) is 0 Å². The van der Waals surface area contributed by atoms with Crippen LogP contribution in [-0.4, -0.2) is 24.1 Å². The molecule has 4 aromatic heterocycles. The molecule has 0 atom stereocenters. The summed E-state index contributed by atoms with van der Waals surface area (Å²) in [6, 6.07) is 67.3. The van der Waals surface area contributed by atoms with Crippen LogP contribution >= 0.6 is 11.3 Å². The minimum absolute atomic E-state index is 0.584. The average molecular weight is 770 g/mol. The van der Waals surface area contributed by atoms with E-state index >= 15 is 0 Å². The van der Waals surface area contributed by atoms with Crippen LogP contribution in [0.25, 0.3) is 120 Å². The lowest BCUT2D eigenvalue weighted by molar-refractivity contribution is 0.954. The van der Waals surface area contributed by atoms with Crippen molar-refractivity contribution >= 4 is 96.7 Å². The highest BCUT2D eigenvalue weighted by Gasteiger charge is 2.23. The van der Waals surface area contributed by atoms with E-state index in [4.69, 9.17) is 15.0 Å². The van der Waals surface area contributed by atoms with Gasteiger partial charge in [-0.05, 0) is 64.0 Å². The molecule has 6 heteroatoms. The first kappa shape index (κ1) is 32.4. The second kappa shape index (κ2) is 12.4. The first-order chi connectivity index (χ1) is 29.3. The van der Waals surface area contributed by atoms with Crippen molar-refractivity contribution in [3.8, 4) is 34.4 Å². The van der Waals surface area contributed by atoms with Gasteiger partial charge in [0, 0.05) is 58.5 Å². The second-order valence-corrected chi connectivity index (χ2v) is 16.2. The fourth-order valence-electron chi connectivity index (χ4n) is 9.37. The normalized spacial score (nSPS) is 12.1. The summed E-state index contributed by atoms with van der Waals surface area (Å²) in [4.78, 5) is 16.1. The Labute approximate surface area is 341 Å². The maximum Gasteiger partial charge on any atom is 0.238 e. The standard InChI is InChI=1S/C53H31N5S/c1-2-16-34(17-3-1)51-54-52(56-53(55-51)58-43-23-11-8-20-38(43)39-21-9-12-24-44(39)58)42-31-35(30-41-40-22-10-13-25-47(40)59-50(41)42)57-45-28-26-32-14-4-6-18-36(32)48(45)49-37-19-7-5-15-33(37)27-29-46(49)57/h1-31H. The Bertz CT molecular complexity index is 3710. The molecule has 13 aromatic rings. The van der Waals surface area contributed by atoms with E-state index in [1.54, 1.807) is 11.3 Å². The number of fused-ring (bicyclic) bond motifs is 13. The molecule has 0 spiro atoms. The number of rotatable bonds is 4. The van der Waals surface area contributed by atoms with Crippen LogP contribution in [0.3, 0.4) is 0 Å². The van der Waals surface area contributed by atoms with Gasteiger partial charge in [0.1, 0.15) is 0 Å². The molecule has 0 radical (unpaired) electrons. The van der Waals surface area contributed by atoms with Gasteiger partial charge in [-0.25, -0.2) is 4.98 Å². The maximum atomic E-state index is 5.46. The molecule has 0 N–H and O–H groups in total. The predicted molar refractivity (Wildman–Crippen MR) is 247 cm³/mol. The van der Waals surface area contributed by atoms with Crippen LogP contribution in [0, 0.1) is 0 Å². The van der Waals surface area contributed by atoms with Gasteiger partial charge >= 0.3 is 0 Å². The van der Waals surface area contributed by atoms with E-state index in [1.807, 2.05) is 18.2 Å². The van der Waals surface area contributed by atoms with Crippen molar-refractivity contribution in [2.75, 3.05) is 0 Å². The van der Waals surface area contributed by atoms with Gasteiger partial charge in [0.25, 0.3) is 0 Å². The highest BCUT2D eigenvalue weighted by atomic mass is 32.1. The highest BCUT2D eigenvalue weighted by Crippen LogP contribution is 2.45. The van der Waals surface area contributed by atoms with Gasteiger partial charge in [-0.1, -0.05) is 146 Å². The van der Waals surface area contributed by atoms with Crippen LogP contribution in [0.15, 0.2) is 188 Å². The monoisotopic (exact) mass is 769 g/mol. The molecule has 0 unspecified atom stereocenters. The Morgan fingerprint density at radius 2 is 0.915 bits per heavy atom. The van der Waals surface area contributed by atoms with Crippen LogP contribution in [-0.2, 0) is 0 Å². The first-order valence-corrected chi connectivity index (χ1v) is 20.7. The summed E-state index contributed by atoms with van der Waals surface area (Å²) < 4.78 is 7.01. The zero-order chi connectivity index (χ0) is 38.6. The lowest BCUT2D eigenvalue weighted by Gasteiger charge is -2.14. The van der Waals surface area contributed by atoms with E-state index in [0.717, 1.165) is 54.4 Å². The minimum atomic E-state index is 0.584. The molecule has 0 saturated heterocycles. The second-order valence-electron chi connectivity index (χ2n) is 15.2. The molecule has 0 fully saturated rings. The molecule has 0 aliphatic heterocycles. The van der Waals surface area contributed by atoms with Crippen LogP contribution in [0.2, 0.25) is 0 Å². The van der Waals surface area contributed by atoms with E-state index in [0.29, 0.717) is 17.6 Å². The molecule has 13 rings (SSSR count). The summed E-state index contributed by atoms with van der Waals surface area (Å²) in [6.45, 7) is 0.